The van der Waals surface area contributed by atoms with Crippen molar-refractivity contribution in [1.82, 2.24) is 0 Å². The predicted molar refractivity (Wildman–Crippen MR) is 53.4 cm³/mol. The van der Waals surface area contributed by atoms with Crippen LogP contribution in [-0.4, -0.2) is 5.11 Å². The molecule has 0 atom stereocenters. The van der Waals surface area contributed by atoms with E-state index in [1.165, 1.54) is 12.1 Å². The summed E-state index contributed by atoms with van der Waals surface area (Å²) in [6.07, 6.45) is 0. The number of phenols is 1. The summed E-state index contributed by atoms with van der Waals surface area (Å²) in [7, 11) is 0. The fraction of sp³-hybridized carbons (Fsp3) is 0.400. The number of alkyl halides is 2. The Morgan fingerprint density at radius 2 is 1.79 bits per heavy atom. The highest BCUT2D eigenvalue weighted by molar-refractivity contribution is 5.53. The SMILES string of the molecule is CC.CC(F)(F)c1ccc(N)c(O)c1. The van der Waals surface area contributed by atoms with Crippen LogP contribution in [0, 0.1) is 0 Å². The molecule has 0 saturated carbocycles. The highest BCUT2D eigenvalue weighted by Crippen LogP contribution is 2.31. The van der Waals surface area contributed by atoms with Crippen LogP contribution in [0.25, 0.3) is 0 Å². The van der Waals surface area contributed by atoms with Gasteiger partial charge in [0.25, 0.3) is 5.92 Å². The van der Waals surface area contributed by atoms with E-state index in [2.05, 4.69) is 0 Å². The van der Waals surface area contributed by atoms with Crippen molar-refractivity contribution < 1.29 is 13.9 Å². The first-order valence-corrected chi connectivity index (χ1v) is 4.38. The summed E-state index contributed by atoms with van der Waals surface area (Å²) in [6.45, 7) is 4.76. The van der Waals surface area contributed by atoms with E-state index in [1.807, 2.05) is 13.8 Å². The largest absolute Gasteiger partial charge is 0.506 e. The molecule has 80 valence electrons. The van der Waals surface area contributed by atoms with Crippen molar-refractivity contribution in [2.24, 2.45) is 0 Å². The van der Waals surface area contributed by atoms with Crippen molar-refractivity contribution in [1.29, 1.82) is 0 Å². The molecular formula is C10H15F2NO. The highest BCUT2D eigenvalue weighted by atomic mass is 19.3. The fourth-order valence-corrected chi connectivity index (χ4v) is 0.817. The minimum Gasteiger partial charge on any atom is -0.506 e. The molecule has 4 heteroatoms. The third-order valence-corrected chi connectivity index (χ3v) is 1.54. The molecule has 0 amide bonds. The van der Waals surface area contributed by atoms with Gasteiger partial charge < -0.3 is 10.8 Å². The van der Waals surface area contributed by atoms with Crippen LogP contribution in [0.5, 0.6) is 5.75 Å². The topological polar surface area (TPSA) is 46.2 Å². The van der Waals surface area contributed by atoms with Gasteiger partial charge in [-0.3, -0.25) is 0 Å². The molecule has 0 aliphatic rings. The summed E-state index contributed by atoms with van der Waals surface area (Å²) >= 11 is 0. The van der Waals surface area contributed by atoms with Gasteiger partial charge in [-0.1, -0.05) is 19.9 Å². The Hall–Kier alpha value is -1.32. The van der Waals surface area contributed by atoms with Crippen LogP contribution >= 0.6 is 0 Å². The van der Waals surface area contributed by atoms with Crippen LogP contribution in [0.15, 0.2) is 18.2 Å². The molecule has 1 rings (SSSR count). The molecule has 0 spiro atoms. The molecule has 1 aromatic rings. The average Bonchev–Trinajstić information content (AvgIpc) is 2.11. The first-order chi connectivity index (χ1) is 6.41. The molecule has 0 radical (unpaired) electrons. The number of halogens is 2. The summed E-state index contributed by atoms with van der Waals surface area (Å²) in [6, 6.07) is 3.41. The van der Waals surface area contributed by atoms with Gasteiger partial charge in [-0.25, -0.2) is 8.78 Å². The van der Waals surface area contributed by atoms with Crippen LogP contribution in [-0.2, 0) is 5.92 Å². The number of rotatable bonds is 1. The zero-order valence-electron chi connectivity index (χ0n) is 8.51. The maximum atomic E-state index is 12.6. The van der Waals surface area contributed by atoms with Crippen LogP contribution < -0.4 is 5.73 Å². The third kappa shape index (κ3) is 3.20. The van der Waals surface area contributed by atoms with Crippen molar-refractivity contribution in [3.63, 3.8) is 0 Å². The zero-order chi connectivity index (χ0) is 11.4. The maximum Gasteiger partial charge on any atom is 0.270 e. The molecule has 0 unspecified atom stereocenters. The molecule has 0 bridgehead atoms. The number of aromatic hydroxyl groups is 1. The number of benzene rings is 1. The monoisotopic (exact) mass is 203 g/mol. The van der Waals surface area contributed by atoms with Crippen molar-refractivity contribution in [2.45, 2.75) is 26.7 Å². The first-order valence-electron chi connectivity index (χ1n) is 4.38. The van der Waals surface area contributed by atoms with Crippen molar-refractivity contribution in [2.75, 3.05) is 5.73 Å². The van der Waals surface area contributed by atoms with Gasteiger partial charge in [0, 0.05) is 12.5 Å². The van der Waals surface area contributed by atoms with E-state index in [-0.39, 0.29) is 17.0 Å². The summed E-state index contributed by atoms with van der Waals surface area (Å²) in [5.74, 6) is -3.25. The van der Waals surface area contributed by atoms with E-state index < -0.39 is 5.92 Å². The predicted octanol–water partition coefficient (Wildman–Crippen LogP) is 3.11. The third-order valence-electron chi connectivity index (χ3n) is 1.54. The minimum absolute atomic E-state index is 0.100. The lowest BCUT2D eigenvalue weighted by atomic mass is 10.1. The van der Waals surface area contributed by atoms with E-state index in [1.54, 1.807) is 0 Å². The Kier molecular flexibility index (Phi) is 4.34. The van der Waals surface area contributed by atoms with E-state index in [4.69, 9.17) is 10.8 Å². The minimum atomic E-state index is -2.94. The van der Waals surface area contributed by atoms with Gasteiger partial charge in [0.2, 0.25) is 0 Å². The standard InChI is InChI=1S/C8H9F2NO.C2H6/c1-8(9,10)5-2-3-6(11)7(12)4-5;1-2/h2-4,12H,11H2,1H3;1-2H3. The Balaban J connectivity index is 0.000000791. The summed E-state index contributed by atoms with van der Waals surface area (Å²) in [5, 5.41) is 9.01. The second kappa shape index (κ2) is 4.79. The molecule has 1 aromatic carbocycles. The zero-order valence-corrected chi connectivity index (χ0v) is 8.51. The Morgan fingerprint density at radius 3 is 2.14 bits per heavy atom. The highest BCUT2D eigenvalue weighted by Gasteiger charge is 2.24. The number of nitrogen functional groups attached to an aromatic ring is 1. The van der Waals surface area contributed by atoms with E-state index >= 15 is 0 Å². The van der Waals surface area contributed by atoms with Gasteiger partial charge in [0.15, 0.2) is 0 Å². The lowest BCUT2D eigenvalue weighted by molar-refractivity contribution is 0.0173. The number of hydrogen-bond donors (Lipinski definition) is 2. The van der Waals surface area contributed by atoms with E-state index in [0.29, 0.717) is 0 Å². The van der Waals surface area contributed by atoms with Gasteiger partial charge >= 0.3 is 0 Å². The van der Waals surface area contributed by atoms with E-state index in [0.717, 1.165) is 13.0 Å². The van der Waals surface area contributed by atoms with Gasteiger partial charge in [-0.05, 0) is 12.1 Å². The number of anilines is 1. The normalized spacial score (nSPS) is 10.4. The van der Waals surface area contributed by atoms with Gasteiger partial charge in [-0.15, -0.1) is 0 Å². The number of hydrogen-bond acceptors (Lipinski definition) is 2. The molecule has 2 nitrogen and oxygen atoms in total. The van der Waals surface area contributed by atoms with Gasteiger partial charge in [-0.2, -0.15) is 0 Å². The van der Waals surface area contributed by atoms with Crippen molar-refractivity contribution >= 4 is 5.69 Å². The number of nitrogens with two attached hydrogens (primary N) is 1. The Labute approximate surface area is 82.4 Å². The molecule has 0 aromatic heterocycles. The molecular weight excluding hydrogens is 188 g/mol. The van der Waals surface area contributed by atoms with Crippen LogP contribution in [0.1, 0.15) is 26.3 Å². The molecule has 14 heavy (non-hydrogen) atoms. The molecule has 0 aliphatic carbocycles. The second-order valence-corrected chi connectivity index (χ2v) is 2.66. The quantitative estimate of drug-likeness (QED) is 0.544. The average molecular weight is 203 g/mol. The summed E-state index contributed by atoms with van der Waals surface area (Å²) in [5.41, 5.74) is 5.10. The smallest absolute Gasteiger partial charge is 0.270 e. The second-order valence-electron chi connectivity index (χ2n) is 2.66. The van der Waals surface area contributed by atoms with E-state index in [9.17, 15) is 8.78 Å². The molecule has 0 saturated heterocycles. The fourth-order valence-electron chi connectivity index (χ4n) is 0.817. The first kappa shape index (κ1) is 12.7. The molecule has 0 aliphatic heterocycles. The number of phenolic OH excluding ortho intramolecular Hbond substituents is 1. The van der Waals surface area contributed by atoms with Crippen LogP contribution in [0.2, 0.25) is 0 Å². The van der Waals surface area contributed by atoms with Crippen LogP contribution in [0.4, 0.5) is 14.5 Å². The Bertz CT molecular complexity index is 295. The van der Waals surface area contributed by atoms with Crippen LogP contribution in [0.3, 0.4) is 0 Å². The lowest BCUT2D eigenvalue weighted by Crippen LogP contribution is -2.06. The Morgan fingerprint density at radius 1 is 1.29 bits per heavy atom. The molecule has 3 N–H and O–H groups in total. The summed E-state index contributed by atoms with van der Waals surface area (Å²) < 4.78 is 25.2. The maximum absolute atomic E-state index is 12.6. The lowest BCUT2D eigenvalue weighted by Gasteiger charge is -2.10. The van der Waals surface area contributed by atoms with Crippen molar-refractivity contribution in [3.8, 4) is 5.75 Å². The van der Waals surface area contributed by atoms with Gasteiger partial charge in [0.05, 0.1) is 5.69 Å². The molecule has 0 heterocycles. The van der Waals surface area contributed by atoms with Crippen molar-refractivity contribution in [3.05, 3.63) is 23.8 Å². The molecule has 0 fully saturated rings. The van der Waals surface area contributed by atoms with Gasteiger partial charge in [0.1, 0.15) is 5.75 Å². The summed E-state index contributed by atoms with van der Waals surface area (Å²) in [4.78, 5) is 0.